The standard InChI is InChI=1S/C19H26N2O4/c1-19(2)12-14-6-3-7-15(18(14)25-19)24-13-16(22)20-9-5-11-21-10-4-8-17(21)23/h3,6-7H,4-5,8-13H2,1-2H3,(H,20,22). The molecule has 2 amide bonds. The summed E-state index contributed by atoms with van der Waals surface area (Å²) in [6.45, 7) is 6.12. The van der Waals surface area contributed by atoms with Gasteiger partial charge in [0, 0.05) is 38.0 Å². The fourth-order valence-corrected chi connectivity index (χ4v) is 3.33. The van der Waals surface area contributed by atoms with Crippen LogP contribution >= 0.6 is 0 Å². The summed E-state index contributed by atoms with van der Waals surface area (Å²) in [6.07, 6.45) is 3.19. The van der Waals surface area contributed by atoms with Crippen molar-refractivity contribution in [2.24, 2.45) is 0 Å². The highest BCUT2D eigenvalue weighted by atomic mass is 16.5. The third kappa shape index (κ3) is 4.44. The first-order chi connectivity index (χ1) is 11.9. The minimum absolute atomic E-state index is 0.0388. The van der Waals surface area contributed by atoms with Crippen LogP contribution < -0.4 is 14.8 Å². The van der Waals surface area contributed by atoms with Crippen LogP contribution in [-0.4, -0.2) is 48.6 Å². The third-order valence-electron chi connectivity index (χ3n) is 4.51. The van der Waals surface area contributed by atoms with E-state index in [1.807, 2.05) is 36.9 Å². The van der Waals surface area contributed by atoms with Crippen molar-refractivity contribution < 1.29 is 19.1 Å². The minimum Gasteiger partial charge on any atom is -0.483 e. The molecule has 2 heterocycles. The van der Waals surface area contributed by atoms with Crippen molar-refractivity contribution in [1.82, 2.24) is 10.2 Å². The lowest BCUT2D eigenvalue weighted by Crippen LogP contribution is -2.33. The van der Waals surface area contributed by atoms with Gasteiger partial charge >= 0.3 is 0 Å². The zero-order valence-corrected chi connectivity index (χ0v) is 15.0. The molecule has 0 aliphatic carbocycles. The van der Waals surface area contributed by atoms with Crippen LogP contribution in [0.3, 0.4) is 0 Å². The summed E-state index contributed by atoms with van der Waals surface area (Å²) in [5.74, 6) is 1.41. The quantitative estimate of drug-likeness (QED) is 0.766. The van der Waals surface area contributed by atoms with Gasteiger partial charge in [0.15, 0.2) is 18.1 Å². The Morgan fingerprint density at radius 2 is 2.24 bits per heavy atom. The Kier molecular flexibility index (Phi) is 5.16. The van der Waals surface area contributed by atoms with Gasteiger partial charge in [-0.1, -0.05) is 12.1 Å². The largest absolute Gasteiger partial charge is 0.483 e. The van der Waals surface area contributed by atoms with Gasteiger partial charge in [0.1, 0.15) is 5.60 Å². The number of likely N-dealkylation sites (tertiary alicyclic amines) is 1. The number of carbonyl (C=O) groups excluding carboxylic acids is 2. The topological polar surface area (TPSA) is 67.9 Å². The molecular weight excluding hydrogens is 320 g/mol. The van der Waals surface area contributed by atoms with Gasteiger partial charge < -0.3 is 19.7 Å². The molecule has 0 aromatic heterocycles. The number of hydrogen-bond donors (Lipinski definition) is 1. The van der Waals surface area contributed by atoms with E-state index in [9.17, 15) is 9.59 Å². The molecule has 3 rings (SSSR count). The van der Waals surface area contributed by atoms with Crippen LogP contribution in [0.25, 0.3) is 0 Å². The summed E-state index contributed by atoms with van der Waals surface area (Å²) < 4.78 is 11.6. The van der Waals surface area contributed by atoms with Gasteiger partial charge in [-0.05, 0) is 32.8 Å². The van der Waals surface area contributed by atoms with E-state index in [0.717, 1.165) is 37.1 Å². The van der Waals surface area contributed by atoms with Gasteiger partial charge in [-0.2, -0.15) is 0 Å². The Labute approximate surface area is 148 Å². The van der Waals surface area contributed by atoms with Crippen molar-refractivity contribution in [2.45, 2.75) is 45.1 Å². The molecule has 1 fully saturated rings. The lowest BCUT2D eigenvalue weighted by molar-refractivity contribution is -0.127. The Morgan fingerprint density at radius 1 is 1.40 bits per heavy atom. The van der Waals surface area contributed by atoms with Gasteiger partial charge in [-0.15, -0.1) is 0 Å². The molecule has 0 radical (unpaired) electrons. The molecule has 1 aromatic carbocycles. The molecule has 0 saturated carbocycles. The highest BCUT2D eigenvalue weighted by molar-refractivity contribution is 5.78. The predicted molar refractivity (Wildman–Crippen MR) is 93.8 cm³/mol. The molecule has 136 valence electrons. The van der Waals surface area contributed by atoms with Gasteiger partial charge in [0.2, 0.25) is 5.91 Å². The summed E-state index contributed by atoms with van der Waals surface area (Å²) in [4.78, 5) is 25.3. The van der Waals surface area contributed by atoms with E-state index in [4.69, 9.17) is 9.47 Å². The highest BCUT2D eigenvalue weighted by Crippen LogP contribution is 2.41. The SMILES string of the molecule is CC1(C)Cc2cccc(OCC(=O)NCCCN3CCCC3=O)c2O1. The maximum absolute atomic E-state index is 11.9. The average Bonchev–Trinajstić information content (AvgIpc) is 3.10. The molecule has 6 nitrogen and oxygen atoms in total. The van der Waals surface area contributed by atoms with Crippen LogP contribution in [0, 0.1) is 0 Å². The number of benzene rings is 1. The number of ether oxygens (including phenoxy) is 2. The van der Waals surface area contributed by atoms with Gasteiger partial charge in [-0.3, -0.25) is 9.59 Å². The van der Waals surface area contributed by atoms with Gasteiger partial charge in [0.25, 0.3) is 5.91 Å². The molecule has 25 heavy (non-hydrogen) atoms. The van der Waals surface area contributed by atoms with Crippen molar-refractivity contribution in [3.8, 4) is 11.5 Å². The second-order valence-corrected chi connectivity index (χ2v) is 7.26. The number of amides is 2. The highest BCUT2D eigenvalue weighted by Gasteiger charge is 2.32. The fraction of sp³-hybridized carbons (Fsp3) is 0.579. The minimum atomic E-state index is -0.239. The lowest BCUT2D eigenvalue weighted by atomic mass is 10.0. The van der Waals surface area contributed by atoms with E-state index < -0.39 is 0 Å². The summed E-state index contributed by atoms with van der Waals surface area (Å²) in [7, 11) is 0. The second-order valence-electron chi connectivity index (χ2n) is 7.26. The molecule has 0 spiro atoms. The summed E-state index contributed by atoms with van der Waals surface area (Å²) in [5.41, 5.74) is 0.870. The summed E-state index contributed by atoms with van der Waals surface area (Å²) in [6, 6.07) is 5.77. The maximum Gasteiger partial charge on any atom is 0.257 e. The third-order valence-corrected chi connectivity index (χ3v) is 4.51. The monoisotopic (exact) mass is 346 g/mol. The Hall–Kier alpha value is -2.24. The normalized spacial score (nSPS) is 18.0. The van der Waals surface area contributed by atoms with Crippen LogP contribution in [0.1, 0.15) is 38.7 Å². The predicted octanol–water partition coefficient (Wildman–Crippen LogP) is 1.91. The number of para-hydroxylation sites is 1. The Balaban J connectivity index is 1.40. The van der Waals surface area contributed by atoms with E-state index >= 15 is 0 Å². The number of fused-ring (bicyclic) bond motifs is 1. The molecule has 0 bridgehead atoms. The van der Waals surface area contributed by atoms with Crippen LogP contribution in [0.15, 0.2) is 18.2 Å². The van der Waals surface area contributed by atoms with Crippen LogP contribution in [-0.2, 0) is 16.0 Å². The number of nitrogens with zero attached hydrogens (tertiary/aromatic N) is 1. The molecular formula is C19H26N2O4. The first-order valence-electron chi connectivity index (χ1n) is 8.93. The van der Waals surface area contributed by atoms with Crippen molar-refractivity contribution >= 4 is 11.8 Å². The van der Waals surface area contributed by atoms with Crippen molar-refractivity contribution in [2.75, 3.05) is 26.2 Å². The maximum atomic E-state index is 11.9. The van der Waals surface area contributed by atoms with Crippen LogP contribution in [0.2, 0.25) is 0 Å². The molecule has 1 aromatic rings. The summed E-state index contributed by atoms with van der Waals surface area (Å²) in [5, 5.41) is 2.83. The summed E-state index contributed by atoms with van der Waals surface area (Å²) >= 11 is 0. The molecule has 2 aliphatic rings. The molecule has 2 aliphatic heterocycles. The number of rotatable bonds is 7. The van der Waals surface area contributed by atoms with Crippen LogP contribution in [0.4, 0.5) is 0 Å². The first-order valence-corrected chi connectivity index (χ1v) is 8.93. The van der Waals surface area contributed by atoms with E-state index in [1.54, 1.807) is 0 Å². The average molecular weight is 346 g/mol. The number of carbonyl (C=O) groups is 2. The Morgan fingerprint density at radius 3 is 3.00 bits per heavy atom. The van der Waals surface area contributed by atoms with Crippen molar-refractivity contribution in [1.29, 1.82) is 0 Å². The molecule has 0 unspecified atom stereocenters. The van der Waals surface area contributed by atoms with Crippen molar-refractivity contribution in [3.05, 3.63) is 23.8 Å². The second kappa shape index (κ2) is 7.33. The fourth-order valence-electron chi connectivity index (χ4n) is 3.33. The first kappa shape index (κ1) is 17.6. The zero-order chi connectivity index (χ0) is 17.9. The van der Waals surface area contributed by atoms with Gasteiger partial charge in [0.05, 0.1) is 0 Å². The molecule has 6 heteroatoms. The number of nitrogens with one attached hydrogen (secondary N) is 1. The Bertz CT molecular complexity index is 657. The van der Waals surface area contributed by atoms with Crippen LogP contribution in [0.5, 0.6) is 11.5 Å². The van der Waals surface area contributed by atoms with Gasteiger partial charge in [-0.25, -0.2) is 0 Å². The molecule has 0 atom stereocenters. The van der Waals surface area contributed by atoms with E-state index in [-0.39, 0.29) is 24.0 Å². The smallest absolute Gasteiger partial charge is 0.257 e. The number of hydrogen-bond acceptors (Lipinski definition) is 4. The molecule has 1 N–H and O–H groups in total. The zero-order valence-electron chi connectivity index (χ0n) is 15.0. The van der Waals surface area contributed by atoms with E-state index in [2.05, 4.69) is 5.32 Å². The molecule has 1 saturated heterocycles. The van der Waals surface area contributed by atoms with E-state index in [1.165, 1.54) is 0 Å². The van der Waals surface area contributed by atoms with Crippen molar-refractivity contribution in [3.63, 3.8) is 0 Å². The lowest BCUT2D eigenvalue weighted by Gasteiger charge is -2.18. The van der Waals surface area contributed by atoms with E-state index in [0.29, 0.717) is 25.3 Å².